The second-order valence-corrected chi connectivity index (χ2v) is 5.65. The van der Waals surface area contributed by atoms with E-state index in [1.165, 1.54) is 43.5 Å². The first-order valence-corrected chi connectivity index (χ1v) is 7.99. The molecule has 0 aliphatic rings. The lowest BCUT2D eigenvalue weighted by Gasteiger charge is -2.12. The number of carbonyl (C=O) groups excluding carboxylic acids is 4. The lowest BCUT2D eigenvalue weighted by Crippen LogP contribution is -2.30. The van der Waals surface area contributed by atoms with Crippen molar-refractivity contribution >= 4 is 35.1 Å². The summed E-state index contributed by atoms with van der Waals surface area (Å²) in [5, 5.41) is 14.1. The maximum Gasteiger partial charge on any atom is 0.339 e. The first-order chi connectivity index (χ1) is 13.3. The van der Waals surface area contributed by atoms with Crippen LogP contribution in [-0.2, 0) is 19.1 Å². The molecule has 2 aromatic carbocycles. The zero-order chi connectivity index (χ0) is 20.8. The highest BCUT2D eigenvalue weighted by Crippen LogP contribution is 2.22. The summed E-state index contributed by atoms with van der Waals surface area (Å²) >= 11 is 0. The van der Waals surface area contributed by atoms with E-state index in [0.717, 1.165) is 7.11 Å². The largest absolute Gasteiger partial charge is 0.508 e. The Hall–Kier alpha value is -3.88. The highest BCUT2D eigenvalue weighted by molar-refractivity contribution is 6.44. The second kappa shape index (κ2) is 8.67. The number of aryl methyl sites for hydroxylation is 1. The van der Waals surface area contributed by atoms with Crippen molar-refractivity contribution < 1.29 is 33.8 Å². The average molecular weight is 386 g/mol. The van der Waals surface area contributed by atoms with Gasteiger partial charge in [0.05, 0.1) is 31.0 Å². The van der Waals surface area contributed by atoms with E-state index < -0.39 is 23.8 Å². The van der Waals surface area contributed by atoms with Crippen molar-refractivity contribution in [3.63, 3.8) is 0 Å². The van der Waals surface area contributed by atoms with Gasteiger partial charge >= 0.3 is 23.8 Å². The number of methoxy groups -OCH3 is 2. The Labute approximate surface area is 160 Å². The molecule has 0 spiro atoms. The number of carbonyl (C=O) groups is 4. The van der Waals surface area contributed by atoms with Crippen LogP contribution in [0.2, 0.25) is 0 Å². The van der Waals surface area contributed by atoms with Crippen LogP contribution in [0.15, 0.2) is 36.4 Å². The van der Waals surface area contributed by atoms with E-state index in [1.54, 1.807) is 6.92 Å². The molecule has 3 N–H and O–H groups in total. The summed E-state index contributed by atoms with van der Waals surface area (Å²) in [6.45, 7) is 1.64. The summed E-state index contributed by atoms with van der Waals surface area (Å²) in [6.07, 6.45) is 0. The predicted molar refractivity (Wildman–Crippen MR) is 99.2 cm³/mol. The van der Waals surface area contributed by atoms with Crippen molar-refractivity contribution in [1.82, 2.24) is 0 Å². The normalized spacial score (nSPS) is 9.96. The summed E-state index contributed by atoms with van der Waals surface area (Å²) in [7, 11) is 2.34. The molecule has 2 aromatic rings. The van der Waals surface area contributed by atoms with Crippen LogP contribution in [0.25, 0.3) is 0 Å². The molecular formula is C19H18N2O7. The van der Waals surface area contributed by atoms with Crippen LogP contribution in [0.4, 0.5) is 11.4 Å². The first-order valence-electron chi connectivity index (χ1n) is 7.99. The number of ether oxygens (including phenoxy) is 2. The van der Waals surface area contributed by atoms with Gasteiger partial charge in [-0.3, -0.25) is 9.59 Å². The van der Waals surface area contributed by atoms with Crippen molar-refractivity contribution in [1.29, 1.82) is 0 Å². The fraction of sp³-hybridized carbons (Fsp3) is 0.158. The molecule has 0 atom stereocenters. The van der Waals surface area contributed by atoms with Crippen molar-refractivity contribution in [3.05, 3.63) is 53.1 Å². The molecule has 9 heteroatoms. The van der Waals surface area contributed by atoms with Crippen molar-refractivity contribution in [2.45, 2.75) is 6.92 Å². The Balaban J connectivity index is 2.26. The van der Waals surface area contributed by atoms with Gasteiger partial charge < -0.3 is 25.2 Å². The number of aromatic hydroxyl groups is 1. The van der Waals surface area contributed by atoms with Gasteiger partial charge in [0.15, 0.2) is 0 Å². The van der Waals surface area contributed by atoms with Gasteiger partial charge in [0.25, 0.3) is 0 Å². The molecule has 0 aliphatic heterocycles. The standard InChI is InChI=1S/C19H18N2O7/c1-10-8-12(22)5-7-14(10)20-16(23)17(24)21-15-9-11(18(25)27-2)4-6-13(15)19(26)28-3/h4-9,22H,1-3H3,(H,20,23)(H,21,24). The van der Waals surface area contributed by atoms with E-state index >= 15 is 0 Å². The molecule has 0 bridgehead atoms. The zero-order valence-electron chi connectivity index (χ0n) is 15.4. The van der Waals surface area contributed by atoms with E-state index in [0.29, 0.717) is 11.3 Å². The molecule has 0 unspecified atom stereocenters. The fourth-order valence-electron chi connectivity index (χ4n) is 2.33. The highest BCUT2D eigenvalue weighted by Gasteiger charge is 2.21. The highest BCUT2D eigenvalue weighted by atomic mass is 16.5. The van der Waals surface area contributed by atoms with Gasteiger partial charge in [-0.1, -0.05) is 0 Å². The molecular weight excluding hydrogens is 368 g/mol. The number of nitrogens with one attached hydrogen (secondary N) is 2. The second-order valence-electron chi connectivity index (χ2n) is 5.65. The molecule has 0 fully saturated rings. The summed E-state index contributed by atoms with van der Waals surface area (Å²) in [6, 6.07) is 8.02. The number of amides is 2. The first kappa shape index (κ1) is 20.4. The maximum absolute atomic E-state index is 12.3. The van der Waals surface area contributed by atoms with Crippen LogP contribution in [0.5, 0.6) is 5.75 Å². The molecule has 146 valence electrons. The molecule has 0 saturated carbocycles. The van der Waals surface area contributed by atoms with E-state index in [2.05, 4.69) is 20.1 Å². The third-order valence-corrected chi connectivity index (χ3v) is 3.76. The van der Waals surface area contributed by atoms with E-state index in [-0.39, 0.29) is 22.6 Å². The number of esters is 2. The summed E-state index contributed by atoms with van der Waals surface area (Å²) < 4.78 is 9.24. The van der Waals surface area contributed by atoms with Crippen molar-refractivity contribution in [2.24, 2.45) is 0 Å². The summed E-state index contributed by atoms with van der Waals surface area (Å²) in [4.78, 5) is 48.0. The molecule has 2 amide bonds. The molecule has 2 rings (SSSR count). The Morgan fingerprint density at radius 1 is 0.821 bits per heavy atom. The smallest absolute Gasteiger partial charge is 0.339 e. The molecule has 0 aliphatic carbocycles. The number of phenols is 1. The van der Waals surface area contributed by atoms with Crippen LogP contribution < -0.4 is 10.6 Å². The van der Waals surface area contributed by atoms with Crippen molar-refractivity contribution in [2.75, 3.05) is 24.9 Å². The number of anilines is 2. The Morgan fingerprint density at radius 3 is 2.00 bits per heavy atom. The predicted octanol–water partition coefficient (Wildman–Crippen LogP) is 1.85. The van der Waals surface area contributed by atoms with Gasteiger partial charge in [0.1, 0.15) is 5.75 Å². The Morgan fingerprint density at radius 2 is 1.43 bits per heavy atom. The van der Waals surface area contributed by atoms with Crippen LogP contribution in [0.3, 0.4) is 0 Å². The van der Waals surface area contributed by atoms with Gasteiger partial charge in [-0.25, -0.2) is 9.59 Å². The monoisotopic (exact) mass is 386 g/mol. The SMILES string of the molecule is COC(=O)c1ccc(C(=O)OC)c(NC(=O)C(=O)Nc2ccc(O)cc2C)c1. The minimum absolute atomic E-state index is 0.0160. The number of rotatable bonds is 4. The minimum Gasteiger partial charge on any atom is -0.508 e. The van der Waals surface area contributed by atoms with Crippen LogP contribution in [0.1, 0.15) is 26.3 Å². The third kappa shape index (κ3) is 4.64. The van der Waals surface area contributed by atoms with Gasteiger partial charge in [-0.2, -0.15) is 0 Å². The van der Waals surface area contributed by atoms with Crippen LogP contribution >= 0.6 is 0 Å². The van der Waals surface area contributed by atoms with Crippen molar-refractivity contribution in [3.8, 4) is 5.75 Å². The number of phenolic OH excluding ortho intramolecular Hbond substituents is 1. The molecule has 0 aromatic heterocycles. The molecule has 0 radical (unpaired) electrons. The zero-order valence-corrected chi connectivity index (χ0v) is 15.4. The fourth-order valence-corrected chi connectivity index (χ4v) is 2.33. The van der Waals surface area contributed by atoms with Gasteiger partial charge in [-0.05, 0) is 48.9 Å². The van der Waals surface area contributed by atoms with Gasteiger partial charge in [0.2, 0.25) is 0 Å². The molecule has 0 heterocycles. The average Bonchev–Trinajstić information content (AvgIpc) is 2.68. The third-order valence-electron chi connectivity index (χ3n) is 3.76. The van der Waals surface area contributed by atoms with Gasteiger partial charge in [-0.15, -0.1) is 0 Å². The topological polar surface area (TPSA) is 131 Å². The number of hydrogen-bond acceptors (Lipinski definition) is 7. The lowest BCUT2D eigenvalue weighted by atomic mass is 10.1. The molecule has 28 heavy (non-hydrogen) atoms. The number of hydrogen-bond donors (Lipinski definition) is 3. The van der Waals surface area contributed by atoms with E-state index in [4.69, 9.17) is 0 Å². The maximum atomic E-state index is 12.3. The summed E-state index contributed by atoms with van der Waals surface area (Å²) in [5.74, 6) is -3.51. The van der Waals surface area contributed by atoms with Crippen LogP contribution in [0, 0.1) is 6.92 Å². The quantitative estimate of drug-likeness (QED) is 0.415. The molecule has 9 nitrogen and oxygen atoms in total. The van der Waals surface area contributed by atoms with Crippen LogP contribution in [-0.4, -0.2) is 43.1 Å². The number of benzene rings is 2. The molecule has 0 saturated heterocycles. The lowest BCUT2D eigenvalue weighted by molar-refractivity contribution is -0.133. The summed E-state index contributed by atoms with van der Waals surface area (Å²) in [5.41, 5.74) is 0.813. The van der Waals surface area contributed by atoms with Gasteiger partial charge in [0, 0.05) is 5.69 Å². The van der Waals surface area contributed by atoms with E-state index in [9.17, 15) is 24.3 Å². The minimum atomic E-state index is -1.07. The Bertz CT molecular complexity index is 953. The Kier molecular flexibility index (Phi) is 6.33. The van der Waals surface area contributed by atoms with E-state index in [1.807, 2.05) is 0 Å².